The number of imidazole rings is 1. The lowest BCUT2D eigenvalue weighted by Crippen LogP contribution is -2.43. The molecule has 0 radical (unpaired) electrons. The lowest BCUT2D eigenvalue weighted by atomic mass is 9.90. The molecule has 4 aliphatic rings. The Morgan fingerprint density at radius 2 is 1.72 bits per heavy atom. The Kier molecular flexibility index (Phi) is 8.98. The summed E-state index contributed by atoms with van der Waals surface area (Å²) in [6, 6.07) is 14.8. The number of hydrogen-bond donors (Lipinski definition) is 1. The number of fused-ring (bicyclic) bond motifs is 6. The number of ether oxygens (including phenoxy) is 4. The number of aliphatic imine (C=N–C) groups is 1. The van der Waals surface area contributed by atoms with Crippen LogP contribution in [0.2, 0.25) is 0 Å². The van der Waals surface area contributed by atoms with Gasteiger partial charge in [-0.1, -0.05) is 18.2 Å². The average molecular weight is 734 g/mol. The van der Waals surface area contributed by atoms with Gasteiger partial charge >= 0.3 is 12.2 Å². The molecule has 11 nitrogen and oxygen atoms in total. The summed E-state index contributed by atoms with van der Waals surface area (Å²) in [6.07, 6.45) is 4.41. The van der Waals surface area contributed by atoms with E-state index in [-0.39, 0.29) is 36.2 Å². The summed E-state index contributed by atoms with van der Waals surface area (Å²) in [4.78, 5) is 43.5. The molecule has 1 aromatic heterocycles. The lowest BCUT2D eigenvalue weighted by Gasteiger charge is -2.30. The molecule has 2 amide bonds. The van der Waals surface area contributed by atoms with Gasteiger partial charge in [-0.15, -0.1) is 0 Å². The van der Waals surface area contributed by atoms with Crippen LogP contribution < -0.4 is 4.74 Å². The van der Waals surface area contributed by atoms with Gasteiger partial charge in [0, 0.05) is 43.3 Å². The number of carbonyl (C=O) groups is 2. The van der Waals surface area contributed by atoms with Gasteiger partial charge < -0.3 is 23.9 Å². The highest BCUT2D eigenvalue weighted by Crippen LogP contribution is 2.45. The van der Waals surface area contributed by atoms with Crippen molar-refractivity contribution >= 4 is 34.4 Å². The van der Waals surface area contributed by atoms with Gasteiger partial charge in [0.1, 0.15) is 29.4 Å². The number of rotatable bonds is 5. The molecule has 3 aromatic carbocycles. The number of methoxy groups -OCH3 is 1. The van der Waals surface area contributed by atoms with Crippen molar-refractivity contribution in [1.82, 2.24) is 19.8 Å². The Morgan fingerprint density at radius 1 is 0.944 bits per heavy atom. The van der Waals surface area contributed by atoms with E-state index in [4.69, 9.17) is 28.9 Å². The molecule has 2 saturated heterocycles. The third-order valence-corrected chi connectivity index (χ3v) is 10.9. The van der Waals surface area contributed by atoms with E-state index in [1.54, 1.807) is 7.11 Å². The van der Waals surface area contributed by atoms with Crippen LogP contribution in [-0.4, -0.2) is 81.2 Å². The molecule has 0 bridgehead atoms. The van der Waals surface area contributed by atoms with E-state index in [0.717, 1.165) is 86.5 Å². The SMILES string of the molecule is COC[C@H]1C[C@@H](C2=Nc3ccc4cc5c(cc4c3C2)OCc2cc(-c3cnc([C@@H]4CC[C@H](C)N4C(=O)OC(C)(C)C)[nH]3)ccc2-5)N(C(=O)OC(C)(C)C)C1. The molecule has 1 N–H and O–H groups in total. The van der Waals surface area contributed by atoms with Crippen molar-refractivity contribution in [1.29, 1.82) is 0 Å². The van der Waals surface area contributed by atoms with Crippen LogP contribution in [0.25, 0.3) is 33.2 Å². The van der Waals surface area contributed by atoms with Gasteiger partial charge in [0.25, 0.3) is 0 Å². The zero-order valence-corrected chi connectivity index (χ0v) is 32.6. The Bertz CT molecular complexity index is 2160. The second kappa shape index (κ2) is 13.4. The first-order chi connectivity index (χ1) is 25.7. The second-order valence-corrected chi connectivity index (χ2v) is 17.3. The highest BCUT2D eigenvalue weighted by Gasteiger charge is 2.42. The molecular weight excluding hydrogens is 683 g/mol. The molecule has 4 aromatic rings. The third-order valence-electron chi connectivity index (χ3n) is 10.9. The molecule has 2 fully saturated rings. The number of likely N-dealkylation sites (tertiary alicyclic amines) is 2. The molecule has 0 spiro atoms. The predicted molar refractivity (Wildman–Crippen MR) is 208 cm³/mol. The smallest absolute Gasteiger partial charge is 0.411 e. The van der Waals surface area contributed by atoms with Crippen LogP contribution in [0.1, 0.15) is 90.7 Å². The molecule has 4 aliphatic heterocycles. The zero-order valence-electron chi connectivity index (χ0n) is 32.6. The van der Waals surface area contributed by atoms with Crippen molar-refractivity contribution in [3.05, 3.63) is 65.6 Å². The largest absolute Gasteiger partial charge is 0.488 e. The number of H-pyrrole nitrogens is 1. The van der Waals surface area contributed by atoms with E-state index < -0.39 is 11.2 Å². The van der Waals surface area contributed by atoms with Gasteiger partial charge in [0.2, 0.25) is 0 Å². The van der Waals surface area contributed by atoms with Gasteiger partial charge in [-0.2, -0.15) is 0 Å². The molecule has 284 valence electrons. The topological polar surface area (TPSA) is 119 Å². The summed E-state index contributed by atoms with van der Waals surface area (Å²) < 4.78 is 23.5. The number of nitrogens with zero attached hydrogens (tertiary/aromatic N) is 4. The molecule has 0 aliphatic carbocycles. The standard InChI is InChI=1S/C43H51N5O6/c1-24-9-14-36(48(24)41(50)54-43(5,6)7)39-44-20-35(46-39)27-10-12-29-28(16-27)23-52-38-19-30-26(17-32(29)38)11-13-33-31(30)18-34(45-33)37-15-25(22-51-8)21-47(37)40(49)53-42(2,3)4/h10-13,16-17,19-20,24-25,36-37H,9,14-15,18,21-23H2,1-8H3,(H,44,46)/t24-,25-,36-,37-/m0/s1. The molecule has 11 heteroatoms. The quantitative estimate of drug-likeness (QED) is 0.217. The number of amides is 2. The van der Waals surface area contributed by atoms with Crippen molar-refractivity contribution in [3.8, 4) is 28.1 Å². The van der Waals surface area contributed by atoms with Crippen LogP contribution in [0.5, 0.6) is 5.75 Å². The molecule has 54 heavy (non-hydrogen) atoms. The molecular formula is C43H51N5O6. The predicted octanol–water partition coefficient (Wildman–Crippen LogP) is 9.15. The van der Waals surface area contributed by atoms with Gasteiger partial charge in [0.05, 0.1) is 36.3 Å². The first-order valence-electron chi connectivity index (χ1n) is 19.1. The summed E-state index contributed by atoms with van der Waals surface area (Å²) in [5, 5.41) is 2.24. The van der Waals surface area contributed by atoms with E-state index in [1.165, 1.54) is 0 Å². The third kappa shape index (κ3) is 6.83. The van der Waals surface area contributed by atoms with E-state index in [9.17, 15) is 9.59 Å². The Hall–Kier alpha value is -4.90. The Morgan fingerprint density at radius 3 is 2.48 bits per heavy atom. The Labute approximate surface area is 317 Å². The summed E-state index contributed by atoms with van der Waals surface area (Å²) in [6.45, 7) is 15.0. The van der Waals surface area contributed by atoms with Crippen molar-refractivity contribution in [2.75, 3.05) is 20.3 Å². The van der Waals surface area contributed by atoms with Crippen molar-refractivity contribution < 1.29 is 28.5 Å². The minimum atomic E-state index is -0.583. The first-order valence-corrected chi connectivity index (χ1v) is 19.1. The molecule has 0 saturated carbocycles. The van der Waals surface area contributed by atoms with Gasteiger partial charge in [-0.25, -0.2) is 14.6 Å². The molecule has 4 atom stereocenters. The summed E-state index contributed by atoms with van der Waals surface area (Å²) in [5.41, 5.74) is 7.14. The maximum absolute atomic E-state index is 13.3. The molecule has 8 rings (SSSR count). The fourth-order valence-corrected chi connectivity index (χ4v) is 8.54. The highest BCUT2D eigenvalue weighted by atomic mass is 16.6. The van der Waals surface area contributed by atoms with Crippen LogP contribution in [0.15, 0.2) is 53.7 Å². The number of aromatic nitrogens is 2. The summed E-state index contributed by atoms with van der Waals surface area (Å²) >= 11 is 0. The number of nitrogens with one attached hydrogen (secondary N) is 1. The minimum absolute atomic E-state index is 0.0711. The maximum Gasteiger partial charge on any atom is 0.411 e. The van der Waals surface area contributed by atoms with Gasteiger partial charge in [0.15, 0.2) is 0 Å². The van der Waals surface area contributed by atoms with Gasteiger partial charge in [-0.3, -0.25) is 14.8 Å². The number of aromatic amines is 1. The van der Waals surface area contributed by atoms with Crippen LogP contribution in [0, 0.1) is 5.92 Å². The highest BCUT2D eigenvalue weighted by molar-refractivity contribution is 6.06. The molecule has 5 heterocycles. The van der Waals surface area contributed by atoms with E-state index in [1.807, 2.05) is 57.5 Å². The lowest BCUT2D eigenvalue weighted by molar-refractivity contribution is 0.0150. The average Bonchev–Trinajstić information content (AvgIpc) is 3.91. The van der Waals surface area contributed by atoms with Crippen molar-refractivity contribution in [2.45, 2.75) is 110 Å². The summed E-state index contributed by atoms with van der Waals surface area (Å²) in [5.74, 6) is 1.84. The fraction of sp³-hybridized carbons (Fsp3) is 0.488. The zero-order chi connectivity index (χ0) is 38.1. The summed E-state index contributed by atoms with van der Waals surface area (Å²) in [7, 11) is 1.70. The normalized spacial score (nSPS) is 22.1. The minimum Gasteiger partial charge on any atom is -0.488 e. The van der Waals surface area contributed by atoms with E-state index >= 15 is 0 Å². The fourth-order valence-electron chi connectivity index (χ4n) is 8.54. The van der Waals surface area contributed by atoms with Gasteiger partial charge in [-0.05, 0) is 125 Å². The molecule has 0 unspecified atom stereocenters. The maximum atomic E-state index is 13.3. The second-order valence-electron chi connectivity index (χ2n) is 17.3. The number of carbonyl (C=O) groups excluding carboxylic acids is 2. The van der Waals surface area contributed by atoms with Crippen LogP contribution in [0.3, 0.4) is 0 Å². The number of benzene rings is 3. The Balaban J connectivity index is 1.03. The monoisotopic (exact) mass is 733 g/mol. The van der Waals surface area contributed by atoms with E-state index in [0.29, 0.717) is 26.2 Å². The van der Waals surface area contributed by atoms with E-state index in [2.05, 4.69) is 54.4 Å². The first kappa shape index (κ1) is 36.1. The number of hydrogen-bond acceptors (Lipinski definition) is 8. The van der Waals surface area contributed by atoms with Crippen LogP contribution in [-0.2, 0) is 27.2 Å². The van der Waals surface area contributed by atoms with Crippen LogP contribution in [0.4, 0.5) is 15.3 Å². The van der Waals surface area contributed by atoms with Crippen molar-refractivity contribution in [3.63, 3.8) is 0 Å². The van der Waals surface area contributed by atoms with Crippen molar-refractivity contribution in [2.24, 2.45) is 10.9 Å². The van der Waals surface area contributed by atoms with Crippen LogP contribution >= 0.6 is 0 Å².